The lowest BCUT2D eigenvalue weighted by Gasteiger charge is -2.33. The summed E-state index contributed by atoms with van der Waals surface area (Å²) in [5, 5.41) is 5.55. The molecule has 1 aliphatic rings. The van der Waals surface area contributed by atoms with Crippen LogP contribution < -0.4 is 0 Å². The molecule has 3 aromatic rings. The summed E-state index contributed by atoms with van der Waals surface area (Å²) in [5.41, 5.74) is 4.81. The van der Waals surface area contributed by atoms with Gasteiger partial charge in [0.1, 0.15) is 6.54 Å². The molecule has 164 valence electrons. The van der Waals surface area contributed by atoms with E-state index in [0.29, 0.717) is 31.8 Å². The van der Waals surface area contributed by atoms with E-state index < -0.39 is 10.0 Å². The molecule has 31 heavy (non-hydrogen) atoms. The van der Waals surface area contributed by atoms with E-state index in [4.69, 9.17) is 0 Å². The number of aryl methyl sites for hydroxylation is 2. The van der Waals surface area contributed by atoms with Gasteiger partial charge < -0.3 is 4.90 Å². The Morgan fingerprint density at radius 2 is 1.84 bits per heavy atom. The number of carbonyl (C=O) groups excluding carboxylic acids is 1. The maximum Gasteiger partial charge on any atom is 0.244 e. The van der Waals surface area contributed by atoms with Gasteiger partial charge >= 0.3 is 0 Å². The SMILES string of the molecule is CCS(=O)(=O)N1CCN(C(=O)Cn2nc(C)c3c(-c4cccc(C)c4)ccnc32)CC1. The van der Waals surface area contributed by atoms with Crippen LogP contribution in [0.25, 0.3) is 22.2 Å². The maximum atomic E-state index is 12.9. The number of sulfonamides is 1. The predicted octanol–water partition coefficient (Wildman–Crippen LogP) is 2.21. The molecule has 0 spiro atoms. The van der Waals surface area contributed by atoms with Crippen LogP contribution >= 0.6 is 0 Å². The van der Waals surface area contributed by atoms with Gasteiger partial charge in [-0.1, -0.05) is 29.8 Å². The van der Waals surface area contributed by atoms with E-state index in [1.54, 1.807) is 22.7 Å². The van der Waals surface area contributed by atoms with Crippen molar-refractivity contribution in [3.63, 3.8) is 0 Å². The summed E-state index contributed by atoms with van der Waals surface area (Å²) in [6.07, 6.45) is 1.75. The van der Waals surface area contributed by atoms with Crippen LogP contribution in [0, 0.1) is 13.8 Å². The highest BCUT2D eigenvalue weighted by molar-refractivity contribution is 7.89. The molecule has 1 saturated heterocycles. The van der Waals surface area contributed by atoms with Gasteiger partial charge in [0.15, 0.2) is 5.65 Å². The van der Waals surface area contributed by atoms with E-state index >= 15 is 0 Å². The van der Waals surface area contributed by atoms with Crippen molar-refractivity contribution < 1.29 is 13.2 Å². The van der Waals surface area contributed by atoms with Crippen LogP contribution in [0.5, 0.6) is 0 Å². The Labute approximate surface area is 182 Å². The summed E-state index contributed by atoms with van der Waals surface area (Å²) in [5.74, 6) is -0.00486. The van der Waals surface area contributed by atoms with Crippen molar-refractivity contribution in [2.45, 2.75) is 27.3 Å². The molecule has 0 radical (unpaired) electrons. The van der Waals surface area contributed by atoms with Crippen LogP contribution in [0.4, 0.5) is 0 Å². The fourth-order valence-corrected chi connectivity index (χ4v) is 5.16. The molecule has 0 unspecified atom stereocenters. The second kappa shape index (κ2) is 8.39. The molecule has 0 N–H and O–H groups in total. The molecular weight excluding hydrogens is 414 g/mol. The smallest absolute Gasteiger partial charge is 0.244 e. The number of fused-ring (bicyclic) bond motifs is 1. The van der Waals surface area contributed by atoms with E-state index in [2.05, 4.69) is 35.2 Å². The molecule has 0 atom stereocenters. The van der Waals surface area contributed by atoms with Crippen molar-refractivity contribution >= 4 is 27.0 Å². The predicted molar refractivity (Wildman–Crippen MR) is 120 cm³/mol. The summed E-state index contributed by atoms with van der Waals surface area (Å²) >= 11 is 0. The zero-order chi connectivity index (χ0) is 22.2. The van der Waals surface area contributed by atoms with Crippen molar-refractivity contribution in [1.29, 1.82) is 0 Å². The van der Waals surface area contributed by atoms with Gasteiger partial charge in [-0.3, -0.25) is 4.79 Å². The van der Waals surface area contributed by atoms with E-state index in [9.17, 15) is 13.2 Å². The van der Waals surface area contributed by atoms with Crippen LogP contribution in [0.3, 0.4) is 0 Å². The third kappa shape index (κ3) is 4.20. The van der Waals surface area contributed by atoms with Crippen molar-refractivity contribution in [3.8, 4) is 11.1 Å². The fraction of sp³-hybridized carbons (Fsp3) is 0.409. The third-order valence-corrected chi connectivity index (χ3v) is 7.65. The molecule has 1 fully saturated rings. The van der Waals surface area contributed by atoms with Gasteiger partial charge in [-0.05, 0) is 38.0 Å². The molecule has 3 heterocycles. The normalized spacial score (nSPS) is 15.5. The first-order valence-corrected chi connectivity index (χ1v) is 12.1. The maximum absolute atomic E-state index is 12.9. The average Bonchev–Trinajstić information content (AvgIpc) is 3.09. The molecule has 0 bridgehead atoms. The van der Waals surface area contributed by atoms with Gasteiger partial charge in [0.05, 0.1) is 11.4 Å². The Kier molecular flexibility index (Phi) is 5.81. The number of hydrogen-bond donors (Lipinski definition) is 0. The van der Waals surface area contributed by atoms with Gasteiger partial charge in [-0.2, -0.15) is 9.40 Å². The Morgan fingerprint density at radius 1 is 1.10 bits per heavy atom. The first kappa shape index (κ1) is 21.5. The zero-order valence-electron chi connectivity index (χ0n) is 18.1. The first-order valence-electron chi connectivity index (χ1n) is 10.4. The molecule has 9 heteroatoms. The average molecular weight is 442 g/mol. The number of rotatable bonds is 5. The van der Waals surface area contributed by atoms with Gasteiger partial charge in [0.2, 0.25) is 15.9 Å². The summed E-state index contributed by atoms with van der Waals surface area (Å²) in [4.78, 5) is 19.1. The summed E-state index contributed by atoms with van der Waals surface area (Å²) in [6, 6.07) is 10.3. The highest BCUT2D eigenvalue weighted by Gasteiger charge is 2.28. The number of nitrogens with zero attached hydrogens (tertiary/aromatic N) is 5. The first-order chi connectivity index (χ1) is 14.8. The lowest BCUT2D eigenvalue weighted by Crippen LogP contribution is -2.51. The van der Waals surface area contributed by atoms with Crippen LogP contribution in [0.2, 0.25) is 0 Å². The lowest BCUT2D eigenvalue weighted by atomic mass is 10.0. The third-order valence-electron chi connectivity index (χ3n) is 5.77. The quantitative estimate of drug-likeness (QED) is 0.606. The van der Waals surface area contributed by atoms with E-state index in [1.807, 2.05) is 19.1 Å². The largest absolute Gasteiger partial charge is 0.338 e. The van der Waals surface area contributed by atoms with E-state index in [1.165, 1.54) is 9.87 Å². The molecule has 1 amide bonds. The summed E-state index contributed by atoms with van der Waals surface area (Å²) in [7, 11) is -3.22. The summed E-state index contributed by atoms with van der Waals surface area (Å²) < 4.78 is 27.2. The minimum absolute atomic E-state index is 0.0778. The van der Waals surface area contributed by atoms with Gasteiger partial charge in [0.25, 0.3) is 0 Å². The molecular formula is C22H27N5O3S. The Morgan fingerprint density at radius 3 is 2.52 bits per heavy atom. The second-order valence-electron chi connectivity index (χ2n) is 7.85. The van der Waals surface area contributed by atoms with Gasteiger partial charge in [-0.25, -0.2) is 18.1 Å². The Hall–Kier alpha value is -2.78. The van der Waals surface area contributed by atoms with Crippen LogP contribution in [-0.2, 0) is 21.4 Å². The van der Waals surface area contributed by atoms with Gasteiger partial charge in [0, 0.05) is 37.8 Å². The molecule has 8 nitrogen and oxygen atoms in total. The monoisotopic (exact) mass is 441 g/mol. The second-order valence-corrected chi connectivity index (χ2v) is 10.1. The topological polar surface area (TPSA) is 88.4 Å². The number of carbonyl (C=O) groups is 1. The number of benzene rings is 1. The molecule has 4 rings (SSSR count). The zero-order valence-corrected chi connectivity index (χ0v) is 18.9. The minimum Gasteiger partial charge on any atom is -0.338 e. The van der Waals surface area contributed by atoms with E-state index in [-0.39, 0.29) is 18.2 Å². The minimum atomic E-state index is -3.22. The van der Waals surface area contributed by atoms with Crippen LogP contribution in [0.1, 0.15) is 18.2 Å². The number of hydrogen-bond acceptors (Lipinski definition) is 5. The number of piperazine rings is 1. The Bertz CT molecular complexity index is 1230. The molecule has 2 aromatic heterocycles. The van der Waals surface area contributed by atoms with Crippen molar-refractivity contribution in [3.05, 3.63) is 47.8 Å². The standard InChI is InChI=1S/C22H27N5O3S/c1-4-31(29,30)26-12-10-25(11-13-26)20(28)15-27-22-21(17(3)24-27)19(8-9-23-22)18-7-5-6-16(2)14-18/h5-9,14H,4,10-13,15H2,1-3H3. The van der Waals surface area contributed by atoms with Crippen LogP contribution in [0.15, 0.2) is 36.5 Å². The number of aromatic nitrogens is 3. The van der Waals surface area contributed by atoms with Gasteiger partial charge in [-0.15, -0.1) is 0 Å². The highest BCUT2D eigenvalue weighted by Crippen LogP contribution is 2.30. The molecule has 1 aromatic carbocycles. The fourth-order valence-electron chi connectivity index (χ4n) is 4.07. The Balaban J connectivity index is 1.56. The lowest BCUT2D eigenvalue weighted by molar-refractivity contribution is -0.133. The van der Waals surface area contributed by atoms with Crippen molar-refractivity contribution in [1.82, 2.24) is 24.0 Å². The van der Waals surface area contributed by atoms with Crippen molar-refractivity contribution in [2.75, 3.05) is 31.9 Å². The molecule has 0 saturated carbocycles. The molecule has 1 aliphatic heterocycles. The highest BCUT2D eigenvalue weighted by atomic mass is 32.2. The van der Waals surface area contributed by atoms with E-state index in [0.717, 1.165) is 22.2 Å². The number of pyridine rings is 1. The van der Waals surface area contributed by atoms with Crippen molar-refractivity contribution in [2.24, 2.45) is 0 Å². The van der Waals surface area contributed by atoms with Crippen LogP contribution in [-0.4, -0.2) is 70.2 Å². The number of amides is 1. The summed E-state index contributed by atoms with van der Waals surface area (Å²) in [6.45, 7) is 7.13. The molecule has 0 aliphatic carbocycles.